The number of aliphatic hydroxyl groups is 1. The molecule has 5 heteroatoms. The number of aliphatic hydroxyl groups excluding tert-OH is 1. The van der Waals surface area contributed by atoms with E-state index in [0.29, 0.717) is 13.1 Å². The molecule has 1 fully saturated rings. The molecule has 0 spiro atoms. The van der Waals surface area contributed by atoms with Crippen molar-refractivity contribution < 1.29 is 14.6 Å². The molecule has 0 aromatic heterocycles. The van der Waals surface area contributed by atoms with Crippen LogP contribution < -0.4 is 10.1 Å². The Bertz CT molecular complexity index is 727. The predicted molar refractivity (Wildman–Crippen MR) is 105 cm³/mol. The monoisotopic (exact) mass is 368 g/mol. The maximum absolute atomic E-state index is 12.3. The highest BCUT2D eigenvalue weighted by Crippen LogP contribution is 2.30. The van der Waals surface area contributed by atoms with Gasteiger partial charge in [0, 0.05) is 12.1 Å². The second-order valence-corrected chi connectivity index (χ2v) is 7.06. The van der Waals surface area contributed by atoms with Gasteiger partial charge in [0.25, 0.3) is 0 Å². The van der Waals surface area contributed by atoms with Gasteiger partial charge in [0.15, 0.2) is 0 Å². The minimum Gasteiger partial charge on any atom is -0.496 e. The highest BCUT2D eigenvalue weighted by atomic mass is 16.5. The number of rotatable bonds is 7. The molecule has 1 atom stereocenters. The van der Waals surface area contributed by atoms with Crippen molar-refractivity contribution >= 4 is 5.91 Å². The summed E-state index contributed by atoms with van der Waals surface area (Å²) < 4.78 is 5.31. The maximum atomic E-state index is 12.3. The number of hydrogen-bond acceptors (Lipinski definition) is 4. The third kappa shape index (κ3) is 5.31. The van der Waals surface area contributed by atoms with Crippen LogP contribution in [0.2, 0.25) is 0 Å². The molecule has 0 radical (unpaired) electrons. The summed E-state index contributed by atoms with van der Waals surface area (Å²) in [5.74, 6) is 1.05. The topological polar surface area (TPSA) is 61.8 Å². The zero-order valence-electron chi connectivity index (χ0n) is 15.8. The first-order valence-corrected chi connectivity index (χ1v) is 9.51. The van der Waals surface area contributed by atoms with Crippen molar-refractivity contribution in [1.29, 1.82) is 0 Å². The maximum Gasteiger partial charge on any atom is 0.234 e. The number of likely N-dealkylation sites (tertiary alicyclic amines) is 1. The Labute approximate surface area is 161 Å². The first-order chi connectivity index (χ1) is 13.2. The molecule has 1 unspecified atom stereocenters. The van der Waals surface area contributed by atoms with Gasteiger partial charge in [0.05, 0.1) is 19.8 Å². The van der Waals surface area contributed by atoms with Gasteiger partial charge in [-0.15, -0.1) is 0 Å². The Morgan fingerprint density at radius 2 is 1.81 bits per heavy atom. The van der Waals surface area contributed by atoms with E-state index in [1.54, 1.807) is 7.11 Å². The SMILES string of the molecule is COc1ccccc1CNC(=O)CN1CCC(C(O)c2ccccc2)CC1. The van der Waals surface area contributed by atoms with Crippen LogP contribution in [0.5, 0.6) is 5.75 Å². The summed E-state index contributed by atoms with van der Waals surface area (Å²) in [6.45, 7) is 2.52. The van der Waals surface area contributed by atoms with E-state index in [2.05, 4.69) is 10.2 Å². The molecule has 3 rings (SSSR count). The van der Waals surface area contributed by atoms with Crippen molar-refractivity contribution in [2.75, 3.05) is 26.7 Å². The molecule has 1 saturated heterocycles. The molecule has 27 heavy (non-hydrogen) atoms. The number of para-hydroxylation sites is 1. The van der Waals surface area contributed by atoms with Crippen molar-refractivity contribution in [3.8, 4) is 5.75 Å². The van der Waals surface area contributed by atoms with E-state index < -0.39 is 6.10 Å². The van der Waals surface area contributed by atoms with Gasteiger partial charge >= 0.3 is 0 Å². The van der Waals surface area contributed by atoms with Gasteiger partial charge < -0.3 is 15.2 Å². The van der Waals surface area contributed by atoms with Gasteiger partial charge in [-0.2, -0.15) is 0 Å². The lowest BCUT2D eigenvalue weighted by atomic mass is 9.87. The van der Waals surface area contributed by atoms with Crippen molar-refractivity contribution in [2.24, 2.45) is 5.92 Å². The number of nitrogens with zero attached hydrogens (tertiary/aromatic N) is 1. The molecule has 1 amide bonds. The molecule has 0 bridgehead atoms. The van der Waals surface area contributed by atoms with Gasteiger partial charge in [-0.3, -0.25) is 9.69 Å². The number of piperidine rings is 1. The summed E-state index contributed by atoms with van der Waals surface area (Å²) in [4.78, 5) is 14.4. The summed E-state index contributed by atoms with van der Waals surface area (Å²) in [5.41, 5.74) is 1.95. The van der Waals surface area contributed by atoms with E-state index in [-0.39, 0.29) is 11.8 Å². The molecule has 144 valence electrons. The lowest BCUT2D eigenvalue weighted by Crippen LogP contribution is -2.42. The average molecular weight is 368 g/mol. The van der Waals surface area contributed by atoms with Crippen molar-refractivity contribution in [2.45, 2.75) is 25.5 Å². The number of carbonyl (C=O) groups is 1. The lowest BCUT2D eigenvalue weighted by Gasteiger charge is -2.34. The number of methoxy groups -OCH3 is 1. The number of amides is 1. The zero-order valence-corrected chi connectivity index (χ0v) is 15.8. The largest absolute Gasteiger partial charge is 0.496 e. The Kier molecular flexibility index (Phi) is 6.85. The van der Waals surface area contributed by atoms with Crippen LogP contribution in [0.15, 0.2) is 54.6 Å². The number of nitrogens with one attached hydrogen (secondary N) is 1. The van der Waals surface area contributed by atoms with E-state index in [1.807, 2.05) is 54.6 Å². The van der Waals surface area contributed by atoms with E-state index in [4.69, 9.17) is 4.74 Å². The average Bonchev–Trinajstić information content (AvgIpc) is 2.73. The van der Waals surface area contributed by atoms with Crippen LogP contribution in [0.25, 0.3) is 0 Å². The summed E-state index contributed by atoms with van der Waals surface area (Å²) in [6.07, 6.45) is 1.37. The van der Waals surface area contributed by atoms with E-state index in [1.165, 1.54) is 0 Å². The molecular formula is C22H28N2O3. The van der Waals surface area contributed by atoms with Crippen LogP contribution in [-0.2, 0) is 11.3 Å². The van der Waals surface area contributed by atoms with Gasteiger partial charge in [-0.25, -0.2) is 0 Å². The fourth-order valence-electron chi connectivity index (χ4n) is 3.65. The molecule has 1 aliphatic rings. The second-order valence-electron chi connectivity index (χ2n) is 7.06. The number of ether oxygens (including phenoxy) is 1. The first-order valence-electron chi connectivity index (χ1n) is 9.51. The van der Waals surface area contributed by atoms with Gasteiger partial charge in [-0.05, 0) is 43.5 Å². The van der Waals surface area contributed by atoms with Crippen LogP contribution in [0, 0.1) is 5.92 Å². The minimum absolute atomic E-state index is 0.0166. The molecule has 5 nitrogen and oxygen atoms in total. The molecule has 1 aliphatic heterocycles. The van der Waals surface area contributed by atoms with Gasteiger partial charge in [-0.1, -0.05) is 48.5 Å². The molecule has 2 aromatic rings. The highest BCUT2D eigenvalue weighted by molar-refractivity contribution is 5.78. The summed E-state index contributed by atoms with van der Waals surface area (Å²) >= 11 is 0. The highest BCUT2D eigenvalue weighted by Gasteiger charge is 2.26. The summed E-state index contributed by atoms with van der Waals surface area (Å²) in [5, 5.41) is 13.5. The van der Waals surface area contributed by atoms with Gasteiger partial charge in [0.1, 0.15) is 5.75 Å². The number of carbonyl (C=O) groups excluding carboxylic acids is 1. The van der Waals surface area contributed by atoms with Crippen LogP contribution >= 0.6 is 0 Å². The first kappa shape index (κ1) is 19.4. The van der Waals surface area contributed by atoms with E-state index in [0.717, 1.165) is 42.8 Å². The smallest absolute Gasteiger partial charge is 0.234 e. The predicted octanol–water partition coefficient (Wildman–Crippen LogP) is 2.76. The Balaban J connectivity index is 1.43. The molecule has 1 heterocycles. The van der Waals surface area contributed by atoms with Crippen molar-refractivity contribution in [1.82, 2.24) is 10.2 Å². The zero-order chi connectivity index (χ0) is 19.1. The third-order valence-electron chi connectivity index (χ3n) is 5.26. The number of benzene rings is 2. The van der Waals surface area contributed by atoms with Crippen LogP contribution in [0.4, 0.5) is 0 Å². The summed E-state index contributed by atoms with van der Waals surface area (Å²) in [6, 6.07) is 17.5. The number of hydrogen-bond donors (Lipinski definition) is 2. The fourth-order valence-corrected chi connectivity index (χ4v) is 3.65. The lowest BCUT2D eigenvalue weighted by molar-refractivity contribution is -0.122. The fraction of sp³-hybridized carbons (Fsp3) is 0.409. The van der Waals surface area contributed by atoms with Crippen LogP contribution in [0.3, 0.4) is 0 Å². The Hall–Kier alpha value is -2.37. The Morgan fingerprint density at radius 1 is 1.15 bits per heavy atom. The molecular weight excluding hydrogens is 340 g/mol. The molecule has 0 aliphatic carbocycles. The molecule has 2 aromatic carbocycles. The van der Waals surface area contributed by atoms with Crippen LogP contribution in [0.1, 0.15) is 30.1 Å². The van der Waals surface area contributed by atoms with Crippen molar-refractivity contribution in [3.05, 3.63) is 65.7 Å². The molecule has 0 saturated carbocycles. The standard InChI is InChI=1S/C22H28N2O3/c1-27-20-10-6-5-9-19(20)15-23-21(25)16-24-13-11-18(12-14-24)22(26)17-7-3-2-4-8-17/h2-10,18,22,26H,11-16H2,1H3,(H,23,25). The normalized spacial score (nSPS) is 16.7. The Morgan fingerprint density at radius 3 is 2.52 bits per heavy atom. The second kappa shape index (κ2) is 9.53. The third-order valence-corrected chi connectivity index (χ3v) is 5.26. The van der Waals surface area contributed by atoms with E-state index >= 15 is 0 Å². The van der Waals surface area contributed by atoms with E-state index in [9.17, 15) is 9.90 Å². The quantitative estimate of drug-likeness (QED) is 0.789. The van der Waals surface area contributed by atoms with Crippen molar-refractivity contribution in [3.63, 3.8) is 0 Å². The molecule has 2 N–H and O–H groups in total. The minimum atomic E-state index is -0.423. The summed E-state index contributed by atoms with van der Waals surface area (Å²) in [7, 11) is 1.63. The van der Waals surface area contributed by atoms with Crippen LogP contribution in [-0.4, -0.2) is 42.7 Å². The van der Waals surface area contributed by atoms with Gasteiger partial charge in [0.2, 0.25) is 5.91 Å².